The van der Waals surface area contributed by atoms with Crippen LogP contribution in [0.15, 0.2) is 18.3 Å². The van der Waals surface area contributed by atoms with Crippen LogP contribution in [-0.2, 0) is 0 Å². The van der Waals surface area contributed by atoms with Gasteiger partial charge in [0.25, 0.3) is 0 Å². The number of rotatable bonds is 0. The Morgan fingerprint density at radius 2 is 1.86 bits per heavy atom. The minimum absolute atomic E-state index is 0.00130. The van der Waals surface area contributed by atoms with Crippen molar-refractivity contribution in [1.29, 1.82) is 0 Å². The van der Waals surface area contributed by atoms with Gasteiger partial charge in [-0.1, -0.05) is 0 Å². The molecule has 0 aliphatic rings. The zero-order valence-electron chi connectivity index (χ0n) is 6.89. The molecule has 0 radical (unpaired) electrons. The molecule has 1 aromatic heterocycles. The fourth-order valence-corrected chi connectivity index (χ4v) is 1.24. The number of nitrogens with two attached hydrogens (primary N) is 1. The molecule has 14 heavy (non-hydrogen) atoms. The molecule has 0 unspecified atom stereocenters. The first-order valence-electron chi connectivity index (χ1n) is 3.79. The summed E-state index contributed by atoms with van der Waals surface area (Å²) in [5.74, 6) is -4.10. The van der Waals surface area contributed by atoms with Crippen molar-refractivity contribution < 1.29 is 13.2 Å². The van der Waals surface area contributed by atoms with Gasteiger partial charge in [0.1, 0.15) is 0 Å². The summed E-state index contributed by atoms with van der Waals surface area (Å²) in [6.07, 6.45) is 1.30. The highest BCUT2D eigenvalue weighted by Crippen LogP contribution is 2.25. The van der Waals surface area contributed by atoms with Gasteiger partial charge in [0.05, 0.1) is 10.9 Å². The van der Waals surface area contributed by atoms with E-state index in [0.717, 1.165) is 6.07 Å². The normalized spacial score (nSPS) is 10.8. The fourth-order valence-electron chi connectivity index (χ4n) is 1.24. The van der Waals surface area contributed by atoms with Crippen LogP contribution in [0.4, 0.5) is 18.9 Å². The number of nitrogen functional groups attached to an aromatic ring is 1. The largest absolute Gasteiger partial charge is 0.398 e. The second kappa shape index (κ2) is 2.87. The van der Waals surface area contributed by atoms with Gasteiger partial charge < -0.3 is 5.73 Å². The highest BCUT2D eigenvalue weighted by molar-refractivity contribution is 5.90. The van der Waals surface area contributed by atoms with Gasteiger partial charge in [-0.2, -0.15) is 0 Å². The second-order valence-corrected chi connectivity index (χ2v) is 2.78. The maximum absolute atomic E-state index is 13.2. The highest BCUT2D eigenvalue weighted by atomic mass is 19.2. The molecule has 0 amide bonds. The van der Waals surface area contributed by atoms with E-state index in [1.165, 1.54) is 12.3 Å². The van der Waals surface area contributed by atoms with E-state index in [1.807, 2.05) is 0 Å². The molecule has 1 aromatic carbocycles. The molecule has 0 aliphatic carbocycles. The highest BCUT2D eigenvalue weighted by Gasteiger charge is 2.15. The van der Waals surface area contributed by atoms with Crippen LogP contribution in [0, 0.1) is 17.5 Å². The number of hydrogen-bond donors (Lipinski definition) is 1. The van der Waals surface area contributed by atoms with E-state index in [2.05, 4.69) is 4.98 Å². The second-order valence-electron chi connectivity index (χ2n) is 2.78. The van der Waals surface area contributed by atoms with E-state index >= 15 is 0 Å². The smallest absolute Gasteiger partial charge is 0.195 e. The summed E-state index contributed by atoms with van der Waals surface area (Å²) in [4.78, 5) is 3.68. The molecule has 2 rings (SSSR count). The molecule has 0 bridgehead atoms. The zero-order valence-corrected chi connectivity index (χ0v) is 6.89. The van der Waals surface area contributed by atoms with Crippen molar-refractivity contribution in [3.63, 3.8) is 0 Å². The fraction of sp³-hybridized carbons (Fsp3) is 0. The summed E-state index contributed by atoms with van der Waals surface area (Å²) in [5.41, 5.74) is 5.44. The van der Waals surface area contributed by atoms with Gasteiger partial charge in [-0.05, 0) is 6.07 Å². The molecule has 0 saturated heterocycles. The first-order valence-corrected chi connectivity index (χ1v) is 3.79. The van der Waals surface area contributed by atoms with Crippen LogP contribution in [0.5, 0.6) is 0 Å². The third-order valence-electron chi connectivity index (χ3n) is 1.90. The monoisotopic (exact) mass is 198 g/mol. The number of hydrogen-bond acceptors (Lipinski definition) is 2. The van der Waals surface area contributed by atoms with Gasteiger partial charge in [0.15, 0.2) is 17.5 Å². The van der Waals surface area contributed by atoms with Crippen molar-refractivity contribution in [1.82, 2.24) is 4.98 Å². The topological polar surface area (TPSA) is 38.9 Å². The predicted octanol–water partition coefficient (Wildman–Crippen LogP) is 2.23. The Labute approximate surface area is 77.2 Å². The predicted molar refractivity (Wildman–Crippen MR) is 46.0 cm³/mol. The van der Waals surface area contributed by atoms with Gasteiger partial charge >= 0.3 is 0 Å². The summed E-state index contributed by atoms with van der Waals surface area (Å²) >= 11 is 0. The van der Waals surface area contributed by atoms with E-state index in [9.17, 15) is 13.2 Å². The number of benzene rings is 1. The van der Waals surface area contributed by atoms with E-state index in [0.29, 0.717) is 0 Å². The van der Waals surface area contributed by atoms with Crippen molar-refractivity contribution >= 4 is 16.6 Å². The Morgan fingerprint density at radius 3 is 2.57 bits per heavy atom. The minimum atomic E-state index is -1.53. The average molecular weight is 198 g/mol. The van der Waals surface area contributed by atoms with Gasteiger partial charge in [0, 0.05) is 18.0 Å². The molecule has 0 spiro atoms. The number of halogens is 3. The lowest BCUT2D eigenvalue weighted by Gasteiger charge is -2.03. The third-order valence-corrected chi connectivity index (χ3v) is 1.90. The van der Waals surface area contributed by atoms with Crippen LogP contribution in [0.3, 0.4) is 0 Å². The third kappa shape index (κ3) is 1.09. The number of nitrogens with zero attached hydrogens (tertiary/aromatic N) is 1. The van der Waals surface area contributed by atoms with Gasteiger partial charge in [-0.25, -0.2) is 13.2 Å². The first-order chi connectivity index (χ1) is 6.61. The van der Waals surface area contributed by atoms with E-state index in [1.54, 1.807) is 0 Å². The maximum Gasteiger partial charge on any atom is 0.195 e. The van der Waals surface area contributed by atoms with Crippen LogP contribution < -0.4 is 5.73 Å². The summed E-state index contributed by atoms with van der Waals surface area (Å²) in [7, 11) is 0. The molecule has 0 fully saturated rings. The van der Waals surface area contributed by atoms with Gasteiger partial charge in [-0.3, -0.25) is 4.98 Å². The summed E-state index contributed by atoms with van der Waals surface area (Å²) < 4.78 is 38.7. The molecule has 1 heterocycles. The van der Waals surface area contributed by atoms with Crippen molar-refractivity contribution in [3.05, 3.63) is 35.8 Å². The number of aromatic nitrogens is 1. The molecular weight excluding hydrogens is 193 g/mol. The molecular formula is C9H5F3N2. The Hall–Kier alpha value is -1.78. The lowest BCUT2D eigenvalue weighted by atomic mass is 10.1. The van der Waals surface area contributed by atoms with E-state index in [-0.39, 0.29) is 16.6 Å². The molecule has 2 nitrogen and oxygen atoms in total. The van der Waals surface area contributed by atoms with Crippen LogP contribution >= 0.6 is 0 Å². The van der Waals surface area contributed by atoms with Crippen LogP contribution in [0.2, 0.25) is 0 Å². The molecule has 0 aliphatic heterocycles. The van der Waals surface area contributed by atoms with Crippen molar-refractivity contribution in [2.75, 3.05) is 5.73 Å². The number of pyridine rings is 1. The standard InChI is InChI=1S/C9H5F3N2/c10-4-3-6-7(9(12)8(4)11)5(13)1-2-14-6/h1-3H,(H2,13,14). The molecule has 2 aromatic rings. The lowest BCUT2D eigenvalue weighted by molar-refractivity contribution is 0.453. The first kappa shape index (κ1) is 8.80. The Morgan fingerprint density at radius 1 is 1.14 bits per heavy atom. The molecule has 72 valence electrons. The van der Waals surface area contributed by atoms with Crippen molar-refractivity contribution in [2.45, 2.75) is 0 Å². The quantitative estimate of drug-likeness (QED) is 0.659. The Bertz CT molecular complexity index is 511. The van der Waals surface area contributed by atoms with E-state index in [4.69, 9.17) is 5.73 Å². The summed E-state index contributed by atoms with van der Waals surface area (Å²) in [6.45, 7) is 0. The molecule has 2 N–H and O–H groups in total. The lowest BCUT2D eigenvalue weighted by Crippen LogP contribution is -1.97. The van der Waals surface area contributed by atoms with Crippen LogP contribution in [-0.4, -0.2) is 4.98 Å². The minimum Gasteiger partial charge on any atom is -0.398 e. The van der Waals surface area contributed by atoms with Crippen LogP contribution in [0.25, 0.3) is 10.9 Å². The molecule has 0 saturated carbocycles. The summed E-state index contributed by atoms with van der Waals surface area (Å²) in [6, 6.07) is 2.13. The molecule has 5 heteroatoms. The Balaban J connectivity index is 2.99. The average Bonchev–Trinajstić information content (AvgIpc) is 2.14. The van der Waals surface area contributed by atoms with Crippen molar-refractivity contribution in [3.8, 4) is 0 Å². The van der Waals surface area contributed by atoms with Gasteiger partial charge in [0.2, 0.25) is 0 Å². The van der Waals surface area contributed by atoms with E-state index < -0.39 is 17.5 Å². The zero-order chi connectivity index (χ0) is 10.3. The SMILES string of the molecule is Nc1ccnc2cc(F)c(F)c(F)c12. The molecule has 0 atom stereocenters. The van der Waals surface area contributed by atoms with Crippen molar-refractivity contribution in [2.24, 2.45) is 0 Å². The van der Waals surface area contributed by atoms with Gasteiger partial charge in [-0.15, -0.1) is 0 Å². The maximum atomic E-state index is 13.2. The Kier molecular flexibility index (Phi) is 1.80. The summed E-state index contributed by atoms with van der Waals surface area (Å²) in [5, 5.41) is -0.189. The number of anilines is 1. The van der Waals surface area contributed by atoms with Crippen LogP contribution in [0.1, 0.15) is 0 Å². The number of fused-ring (bicyclic) bond motifs is 1.